The molecule has 0 saturated heterocycles. The van der Waals surface area contributed by atoms with E-state index in [4.69, 9.17) is 5.21 Å². The Morgan fingerprint density at radius 1 is 1.05 bits per heavy atom. The topological polar surface area (TPSA) is 74.2 Å². The number of nitrogens with zero attached hydrogens (tertiary/aromatic N) is 1. The summed E-state index contributed by atoms with van der Waals surface area (Å²) in [5.74, 6) is -0.514. The molecule has 0 spiro atoms. The number of hydroxylamine groups is 1. The van der Waals surface area contributed by atoms with Crippen molar-refractivity contribution in [3.05, 3.63) is 71.9 Å². The van der Waals surface area contributed by atoms with Gasteiger partial charge in [-0.1, -0.05) is 30.3 Å². The van der Waals surface area contributed by atoms with Crippen LogP contribution < -0.4 is 10.8 Å². The van der Waals surface area contributed by atoms with Crippen LogP contribution in [0, 0.1) is 0 Å². The van der Waals surface area contributed by atoms with Gasteiger partial charge in [0.2, 0.25) is 0 Å². The standard InChI is InChI=1S/C17H15N3O2/c21-17(20-22)13-7-5-12(6-8-13)11-19-16-9-10-18-15-4-2-1-3-14(15)16/h1-10,22H,11H2,(H,18,19)(H,20,21). The Kier molecular flexibility index (Phi) is 3.98. The van der Waals surface area contributed by atoms with Crippen LogP contribution in [0.1, 0.15) is 15.9 Å². The van der Waals surface area contributed by atoms with Crippen molar-refractivity contribution in [3.63, 3.8) is 0 Å². The summed E-state index contributed by atoms with van der Waals surface area (Å²) in [6, 6.07) is 16.9. The molecule has 1 amide bonds. The summed E-state index contributed by atoms with van der Waals surface area (Å²) >= 11 is 0. The minimum Gasteiger partial charge on any atom is -0.380 e. The number of fused-ring (bicyclic) bond motifs is 1. The fourth-order valence-electron chi connectivity index (χ4n) is 2.29. The summed E-state index contributed by atoms with van der Waals surface area (Å²) in [4.78, 5) is 15.6. The highest BCUT2D eigenvalue weighted by molar-refractivity contribution is 5.93. The molecule has 0 bridgehead atoms. The van der Waals surface area contributed by atoms with Gasteiger partial charge in [-0.05, 0) is 29.8 Å². The second-order valence-electron chi connectivity index (χ2n) is 4.87. The molecule has 0 aliphatic carbocycles. The predicted molar refractivity (Wildman–Crippen MR) is 84.8 cm³/mol. The first kappa shape index (κ1) is 14.0. The van der Waals surface area contributed by atoms with Crippen molar-refractivity contribution in [1.29, 1.82) is 0 Å². The van der Waals surface area contributed by atoms with Crippen molar-refractivity contribution in [2.45, 2.75) is 6.54 Å². The zero-order valence-electron chi connectivity index (χ0n) is 11.8. The van der Waals surface area contributed by atoms with Crippen molar-refractivity contribution in [3.8, 4) is 0 Å². The van der Waals surface area contributed by atoms with Crippen LogP contribution in [-0.2, 0) is 6.54 Å². The lowest BCUT2D eigenvalue weighted by molar-refractivity contribution is 0.0706. The third kappa shape index (κ3) is 2.89. The summed E-state index contributed by atoms with van der Waals surface area (Å²) in [5.41, 5.74) is 5.03. The lowest BCUT2D eigenvalue weighted by Crippen LogP contribution is -2.18. The third-order valence-corrected chi connectivity index (χ3v) is 3.45. The highest BCUT2D eigenvalue weighted by atomic mass is 16.5. The van der Waals surface area contributed by atoms with Gasteiger partial charge in [0.15, 0.2) is 0 Å². The van der Waals surface area contributed by atoms with Gasteiger partial charge in [0.1, 0.15) is 0 Å². The summed E-state index contributed by atoms with van der Waals surface area (Å²) in [6.07, 6.45) is 1.78. The van der Waals surface area contributed by atoms with Crippen LogP contribution in [0.4, 0.5) is 5.69 Å². The van der Waals surface area contributed by atoms with E-state index in [9.17, 15) is 4.79 Å². The molecule has 3 rings (SSSR count). The van der Waals surface area contributed by atoms with E-state index < -0.39 is 5.91 Å². The maximum atomic E-state index is 11.3. The average Bonchev–Trinajstić information content (AvgIpc) is 2.59. The average molecular weight is 293 g/mol. The van der Waals surface area contributed by atoms with Gasteiger partial charge in [0, 0.05) is 29.4 Å². The zero-order valence-corrected chi connectivity index (χ0v) is 11.8. The molecule has 0 fully saturated rings. The van der Waals surface area contributed by atoms with E-state index in [-0.39, 0.29) is 0 Å². The minimum atomic E-state index is -0.514. The van der Waals surface area contributed by atoms with Gasteiger partial charge >= 0.3 is 0 Å². The largest absolute Gasteiger partial charge is 0.380 e. The van der Waals surface area contributed by atoms with E-state index in [1.807, 2.05) is 42.5 Å². The fourth-order valence-corrected chi connectivity index (χ4v) is 2.29. The lowest BCUT2D eigenvalue weighted by atomic mass is 10.1. The second-order valence-corrected chi connectivity index (χ2v) is 4.87. The molecule has 0 aliphatic rings. The molecule has 0 atom stereocenters. The number of anilines is 1. The van der Waals surface area contributed by atoms with Crippen LogP contribution in [0.2, 0.25) is 0 Å². The molecular weight excluding hydrogens is 278 g/mol. The summed E-state index contributed by atoms with van der Waals surface area (Å²) < 4.78 is 0. The Balaban J connectivity index is 1.75. The molecule has 5 nitrogen and oxygen atoms in total. The quantitative estimate of drug-likeness (QED) is 0.511. The SMILES string of the molecule is O=C(NO)c1ccc(CNc2ccnc3ccccc23)cc1. The summed E-state index contributed by atoms with van der Waals surface area (Å²) in [7, 11) is 0. The smallest absolute Gasteiger partial charge is 0.274 e. The van der Waals surface area contributed by atoms with Crippen molar-refractivity contribution in [2.24, 2.45) is 0 Å². The van der Waals surface area contributed by atoms with Crippen LogP contribution in [0.25, 0.3) is 10.9 Å². The van der Waals surface area contributed by atoms with Crippen LogP contribution in [0.15, 0.2) is 60.8 Å². The van der Waals surface area contributed by atoms with Gasteiger partial charge in [-0.3, -0.25) is 15.0 Å². The first-order valence-corrected chi connectivity index (χ1v) is 6.89. The number of pyridine rings is 1. The Hall–Kier alpha value is -2.92. The van der Waals surface area contributed by atoms with E-state index >= 15 is 0 Å². The van der Waals surface area contributed by atoms with Crippen molar-refractivity contribution < 1.29 is 10.0 Å². The van der Waals surface area contributed by atoms with Gasteiger partial charge in [0.25, 0.3) is 5.91 Å². The molecule has 110 valence electrons. The zero-order chi connectivity index (χ0) is 15.4. The summed E-state index contributed by atoms with van der Waals surface area (Å²) in [6.45, 7) is 0.634. The molecule has 3 N–H and O–H groups in total. The fraction of sp³-hybridized carbons (Fsp3) is 0.0588. The number of nitrogens with one attached hydrogen (secondary N) is 2. The molecule has 0 unspecified atom stereocenters. The Morgan fingerprint density at radius 2 is 1.82 bits per heavy atom. The predicted octanol–water partition coefficient (Wildman–Crippen LogP) is 2.97. The molecule has 0 aliphatic heterocycles. The van der Waals surface area contributed by atoms with Gasteiger partial charge < -0.3 is 5.32 Å². The number of rotatable bonds is 4. The van der Waals surface area contributed by atoms with Crippen LogP contribution in [0.3, 0.4) is 0 Å². The Bertz CT molecular complexity index is 795. The first-order valence-electron chi connectivity index (χ1n) is 6.89. The Labute approximate surface area is 127 Å². The number of hydrogen-bond acceptors (Lipinski definition) is 4. The molecular formula is C17H15N3O2. The number of benzene rings is 2. The third-order valence-electron chi connectivity index (χ3n) is 3.45. The van der Waals surface area contributed by atoms with Gasteiger partial charge in [-0.15, -0.1) is 0 Å². The molecule has 1 aromatic heterocycles. The molecule has 5 heteroatoms. The minimum absolute atomic E-state index is 0.417. The number of amides is 1. The van der Waals surface area contributed by atoms with Crippen molar-refractivity contribution in [2.75, 3.05) is 5.32 Å². The van der Waals surface area contributed by atoms with Crippen LogP contribution >= 0.6 is 0 Å². The number of carbonyl (C=O) groups excluding carboxylic acids is 1. The molecule has 22 heavy (non-hydrogen) atoms. The number of para-hydroxylation sites is 1. The van der Waals surface area contributed by atoms with Crippen LogP contribution in [-0.4, -0.2) is 16.1 Å². The van der Waals surface area contributed by atoms with Crippen molar-refractivity contribution >= 4 is 22.5 Å². The van der Waals surface area contributed by atoms with Gasteiger partial charge in [-0.25, -0.2) is 5.48 Å². The molecule has 0 saturated carbocycles. The Morgan fingerprint density at radius 3 is 2.59 bits per heavy atom. The van der Waals surface area contributed by atoms with E-state index in [2.05, 4.69) is 10.3 Å². The first-order chi connectivity index (χ1) is 10.8. The highest BCUT2D eigenvalue weighted by Crippen LogP contribution is 2.21. The number of hydrogen-bond donors (Lipinski definition) is 3. The van der Waals surface area contributed by atoms with E-state index in [0.29, 0.717) is 12.1 Å². The van der Waals surface area contributed by atoms with Crippen molar-refractivity contribution in [1.82, 2.24) is 10.5 Å². The van der Waals surface area contributed by atoms with Gasteiger partial charge in [-0.2, -0.15) is 0 Å². The monoisotopic (exact) mass is 293 g/mol. The maximum Gasteiger partial charge on any atom is 0.274 e. The van der Waals surface area contributed by atoms with E-state index in [1.54, 1.807) is 23.8 Å². The van der Waals surface area contributed by atoms with E-state index in [1.165, 1.54) is 0 Å². The second kappa shape index (κ2) is 6.24. The lowest BCUT2D eigenvalue weighted by Gasteiger charge is -2.09. The molecule has 3 aromatic rings. The molecule has 1 heterocycles. The van der Waals surface area contributed by atoms with Gasteiger partial charge in [0.05, 0.1) is 5.52 Å². The highest BCUT2D eigenvalue weighted by Gasteiger charge is 2.04. The van der Waals surface area contributed by atoms with E-state index in [0.717, 1.165) is 22.2 Å². The van der Waals surface area contributed by atoms with Crippen LogP contribution in [0.5, 0.6) is 0 Å². The maximum absolute atomic E-state index is 11.3. The molecule has 0 radical (unpaired) electrons. The number of carbonyl (C=O) groups is 1. The number of aromatic nitrogens is 1. The normalized spacial score (nSPS) is 10.4. The summed E-state index contributed by atoms with van der Waals surface area (Å²) in [5, 5.41) is 13.0. The molecule has 2 aromatic carbocycles.